The van der Waals surface area contributed by atoms with Gasteiger partial charge in [0.2, 0.25) is 0 Å². The van der Waals surface area contributed by atoms with Crippen LogP contribution in [0.3, 0.4) is 0 Å². The second-order valence-electron chi connectivity index (χ2n) is 4.28. The predicted octanol–water partition coefficient (Wildman–Crippen LogP) is 2.69. The van der Waals surface area contributed by atoms with Gasteiger partial charge in [0.15, 0.2) is 5.82 Å². The largest absolute Gasteiger partial charge is 0.396 e. The third-order valence-corrected chi connectivity index (χ3v) is 3.15. The number of hydrogen-bond donors (Lipinski definition) is 2. The highest BCUT2D eigenvalue weighted by Crippen LogP contribution is 2.21. The van der Waals surface area contributed by atoms with E-state index in [1.54, 1.807) is 12.1 Å². The highest BCUT2D eigenvalue weighted by Gasteiger charge is 2.14. The van der Waals surface area contributed by atoms with E-state index in [0.717, 1.165) is 0 Å². The zero-order valence-corrected chi connectivity index (χ0v) is 10.5. The molecule has 1 saturated carbocycles. The Morgan fingerprint density at radius 2 is 2.18 bits per heavy atom. The quantitative estimate of drug-likeness (QED) is 0.627. The van der Waals surface area contributed by atoms with Crippen molar-refractivity contribution in [2.45, 2.75) is 31.8 Å². The summed E-state index contributed by atoms with van der Waals surface area (Å²) in [5, 5.41) is 3.58. The fraction of sp³-hybridized carbons (Fsp3) is 0.583. The van der Waals surface area contributed by atoms with Crippen molar-refractivity contribution in [1.82, 2.24) is 4.98 Å². The lowest BCUT2D eigenvalue weighted by molar-refractivity contribution is 0.0659. The number of nitrogens with one attached hydrogen (secondary N) is 1. The minimum Gasteiger partial charge on any atom is -0.396 e. The van der Waals surface area contributed by atoms with Crippen LogP contribution in [0, 0.1) is 0 Å². The van der Waals surface area contributed by atoms with Crippen LogP contribution in [0.5, 0.6) is 0 Å². The smallest absolute Gasteiger partial charge is 0.151 e. The molecule has 0 atom stereocenters. The Bertz CT molecular complexity index is 367. The normalized spacial score (nSPS) is 16.3. The molecule has 17 heavy (non-hydrogen) atoms. The summed E-state index contributed by atoms with van der Waals surface area (Å²) < 4.78 is 5.73. The number of nitrogens with two attached hydrogens (primary N) is 1. The highest BCUT2D eigenvalue weighted by atomic mass is 35.5. The van der Waals surface area contributed by atoms with Crippen molar-refractivity contribution in [3.63, 3.8) is 0 Å². The SMILES string of the molecule is Nc1ccc(Cl)nc1NCCOC1CCCC1. The lowest BCUT2D eigenvalue weighted by atomic mass is 10.3. The van der Waals surface area contributed by atoms with Crippen molar-refractivity contribution in [2.75, 3.05) is 24.2 Å². The third-order valence-electron chi connectivity index (χ3n) is 2.94. The summed E-state index contributed by atoms with van der Waals surface area (Å²) in [6.07, 6.45) is 5.41. The number of ether oxygens (including phenoxy) is 1. The molecule has 4 nitrogen and oxygen atoms in total. The Morgan fingerprint density at radius 3 is 2.94 bits per heavy atom. The molecule has 2 rings (SSSR count). The lowest BCUT2D eigenvalue weighted by Gasteiger charge is -2.12. The predicted molar refractivity (Wildman–Crippen MR) is 70.4 cm³/mol. The van der Waals surface area contributed by atoms with Crippen molar-refractivity contribution in [2.24, 2.45) is 0 Å². The summed E-state index contributed by atoms with van der Waals surface area (Å²) in [5.41, 5.74) is 6.38. The number of hydrogen-bond acceptors (Lipinski definition) is 4. The molecule has 1 aliphatic carbocycles. The van der Waals surface area contributed by atoms with Gasteiger partial charge in [-0.1, -0.05) is 24.4 Å². The molecule has 3 N–H and O–H groups in total. The van der Waals surface area contributed by atoms with Crippen LogP contribution < -0.4 is 11.1 Å². The first-order valence-electron chi connectivity index (χ1n) is 6.03. The number of nitrogens with zero attached hydrogens (tertiary/aromatic N) is 1. The zero-order chi connectivity index (χ0) is 12.1. The van der Waals surface area contributed by atoms with Crippen LogP contribution in [0.4, 0.5) is 11.5 Å². The fourth-order valence-corrected chi connectivity index (χ4v) is 2.19. The summed E-state index contributed by atoms with van der Waals surface area (Å²) in [6.45, 7) is 1.38. The molecule has 0 radical (unpaired) electrons. The molecule has 0 spiro atoms. The number of rotatable bonds is 5. The Hall–Kier alpha value is -1.00. The molecule has 0 amide bonds. The van der Waals surface area contributed by atoms with Crippen molar-refractivity contribution in [3.8, 4) is 0 Å². The Balaban J connectivity index is 1.72. The molecular formula is C12H18ClN3O. The molecule has 1 aromatic heterocycles. The zero-order valence-electron chi connectivity index (χ0n) is 9.79. The van der Waals surface area contributed by atoms with Gasteiger partial charge in [-0.05, 0) is 25.0 Å². The van der Waals surface area contributed by atoms with E-state index >= 15 is 0 Å². The summed E-state index contributed by atoms with van der Waals surface area (Å²) in [4.78, 5) is 4.12. The van der Waals surface area contributed by atoms with Crippen molar-refractivity contribution >= 4 is 23.1 Å². The van der Waals surface area contributed by atoms with Crippen molar-refractivity contribution in [3.05, 3.63) is 17.3 Å². The molecule has 1 fully saturated rings. The van der Waals surface area contributed by atoms with E-state index < -0.39 is 0 Å². The van der Waals surface area contributed by atoms with E-state index in [-0.39, 0.29) is 0 Å². The van der Waals surface area contributed by atoms with Crippen LogP contribution in [0.2, 0.25) is 5.15 Å². The van der Waals surface area contributed by atoms with Crippen LogP contribution in [-0.4, -0.2) is 24.2 Å². The maximum absolute atomic E-state index is 5.80. The van der Waals surface area contributed by atoms with E-state index in [1.165, 1.54) is 25.7 Å². The fourth-order valence-electron chi connectivity index (χ4n) is 2.04. The third kappa shape index (κ3) is 3.75. The standard InChI is InChI=1S/C12H18ClN3O/c13-11-6-5-10(14)12(16-11)15-7-8-17-9-3-1-2-4-9/h5-6,9H,1-4,7-8,14H2,(H,15,16). The monoisotopic (exact) mass is 255 g/mol. The topological polar surface area (TPSA) is 60.2 Å². The van der Waals surface area contributed by atoms with Gasteiger partial charge in [0.05, 0.1) is 18.4 Å². The molecule has 0 saturated heterocycles. The van der Waals surface area contributed by atoms with Gasteiger partial charge >= 0.3 is 0 Å². The molecular weight excluding hydrogens is 238 g/mol. The Kier molecular flexibility index (Phi) is 4.45. The molecule has 0 aliphatic heterocycles. The molecule has 0 unspecified atom stereocenters. The number of nitrogen functional groups attached to an aromatic ring is 1. The van der Waals surface area contributed by atoms with Gasteiger partial charge in [-0.3, -0.25) is 0 Å². The van der Waals surface area contributed by atoms with E-state index in [2.05, 4.69) is 10.3 Å². The number of anilines is 2. The molecule has 1 aromatic rings. The van der Waals surface area contributed by atoms with Gasteiger partial charge in [0, 0.05) is 6.54 Å². The average Bonchev–Trinajstić information content (AvgIpc) is 2.82. The van der Waals surface area contributed by atoms with Crippen LogP contribution in [0.15, 0.2) is 12.1 Å². The summed E-state index contributed by atoms with van der Waals surface area (Å²) >= 11 is 5.80. The molecule has 94 valence electrons. The molecule has 0 aromatic carbocycles. The first-order chi connectivity index (χ1) is 8.25. The maximum atomic E-state index is 5.80. The molecule has 1 aliphatic rings. The average molecular weight is 256 g/mol. The van der Waals surface area contributed by atoms with E-state index in [9.17, 15) is 0 Å². The van der Waals surface area contributed by atoms with Crippen molar-refractivity contribution in [1.29, 1.82) is 0 Å². The van der Waals surface area contributed by atoms with Gasteiger partial charge in [0.1, 0.15) is 5.15 Å². The Labute approximate surface area is 107 Å². The minimum absolute atomic E-state index is 0.443. The van der Waals surface area contributed by atoms with E-state index in [1.807, 2.05) is 0 Å². The second-order valence-corrected chi connectivity index (χ2v) is 4.66. The van der Waals surface area contributed by atoms with Crippen molar-refractivity contribution < 1.29 is 4.74 Å². The van der Waals surface area contributed by atoms with Crippen LogP contribution in [0.1, 0.15) is 25.7 Å². The summed E-state index contributed by atoms with van der Waals surface area (Å²) in [5.74, 6) is 0.632. The maximum Gasteiger partial charge on any atom is 0.151 e. The second kappa shape index (κ2) is 6.07. The van der Waals surface area contributed by atoms with E-state index in [4.69, 9.17) is 22.1 Å². The van der Waals surface area contributed by atoms with E-state index in [0.29, 0.717) is 35.9 Å². The Morgan fingerprint density at radius 1 is 1.41 bits per heavy atom. The van der Waals surface area contributed by atoms with Gasteiger partial charge in [-0.2, -0.15) is 0 Å². The van der Waals surface area contributed by atoms with Gasteiger partial charge in [-0.15, -0.1) is 0 Å². The van der Waals surface area contributed by atoms with Crippen LogP contribution in [0.25, 0.3) is 0 Å². The summed E-state index contributed by atoms with van der Waals surface area (Å²) in [6, 6.07) is 3.42. The molecule has 5 heteroatoms. The lowest BCUT2D eigenvalue weighted by Crippen LogP contribution is -2.16. The first-order valence-corrected chi connectivity index (χ1v) is 6.41. The number of halogens is 1. The van der Waals surface area contributed by atoms with Gasteiger partial charge in [-0.25, -0.2) is 4.98 Å². The molecule has 1 heterocycles. The summed E-state index contributed by atoms with van der Waals surface area (Å²) in [7, 11) is 0. The minimum atomic E-state index is 0.443. The van der Waals surface area contributed by atoms with Crippen LogP contribution >= 0.6 is 11.6 Å². The van der Waals surface area contributed by atoms with Gasteiger partial charge < -0.3 is 15.8 Å². The molecule has 0 bridgehead atoms. The number of aromatic nitrogens is 1. The van der Waals surface area contributed by atoms with Gasteiger partial charge in [0.25, 0.3) is 0 Å². The first kappa shape index (κ1) is 12.5. The highest BCUT2D eigenvalue weighted by molar-refractivity contribution is 6.29. The number of pyridine rings is 1. The van der Waals surface area contributed by atoms with Crippen LogP contribution in [-0.2, 0) is 4.74 Å².